The lowest BCUT2D eigenvalue weighted by Gasteiger charge is -2.28. The van der Waals surface area contributed by atoms with Crippen molar-refractivity contribution in [2.75, 3.05) is 0 Å². The third kappa shape index (κ3) is 2.13. The van der Waals surface area contributed by atoms with Crippen molar-refractivity contribution in [3.05, 3.63) is 59.2 Å². The summed E-state index contributed by atoms with van der Waals surface area (Å²) >= 11 is 0. The predicted octanol–water partition coefficient (Wildman–Crippen LogP) is 2.75. The molecule has 0 aliphatic heterocycles. The van der Waals surface area contributed by atoms with Crippen molar-refractivity contribution in [3.8, 4) is 0 Å². The molecule has 20 heavy (non-hydrogen) atoms. The number of benzene rings is 1. The van der Waals surface area contributed by atoms with Crippen molar-refractivity contribution < 1.29 is 19.8 Å². The van der Waals surface area contributed by atoms with E-state index in [4.69, 9.17) is 0 Å². The Balaban J connectivity index is 2.44. The average Bonchev–Trinajstić information content (AvgIpc) is 2.37. The zero-order chi connectivity index (χ0) is 14.9. The first-order chi connectivity index (χ1) is 9.37. The van der Waals surface area contributed by atoms with Gasteiger partial charge in [-0.05, 0) is 25.0 Å². The van der Waals surface area contributed by atoms with Crippen molar-refractivity contribution in [1.29, 1.82) is 0 Å². The Morgan fingerprint density at radius 1 is 1.15 bits per heavy atom. The van der Waals surface area contributed by atoms with Crippen LogP contribution >= 0.6 is 0 Å². The van der Waals surface area contributed by atoms with E-state index in [9.17, 15) is 19.8 Å². The van der Waals surface area contributed by atoms with Gasteiger partial charge in [0.2, 0.25) is 5.41 Å². The molecule has 1 aromatic carbocycles. The van der Waals surface area contributed by atoms with Crippen molar-refractivity contribution in [1.82, 2.24) is 0 Å². The van der Waals surface area contributed by atoms with Gasteiger partial charge >= 0.3 is 11.9 Å². The molecule has 0 heterocycles. The molecule has 0 bridgehead atoms. The van der Waals surface area contributed by atoms with Crippen LogP contribution in [0.25, 0.3) is 0 Å². The van der Waals surface area contributed by atoms with Crippen LogP contribution in [-0.2, 0) is 9.59 Å². The number of hydrogen-bond donors (Lipinski definition) is 2. The highest BCUT2D eigenvalue weighted by molar-refractivity contribution is 6.04. The quantitative estimate of drug-likeness (QED) is 0.655. The van der Waals surface area contributed by atoms with Crippen LogP contribution in [0.1, 0.15) is 24.0 Å². The monoisotopic (exact) mass is 272 g/mol. The molecule has 0 spiro atoms. The van der Waals surface area contributed by atoms with Crippen LogP contribution in [0.15, 0.2) is 48.1 Å². The van der Waals surface area contributed by atoms with Gasteiger partial charge in [-0.25, -0.2) is 0 Å². The fourth-order valence-electron chi connectivity index (χ4n) is 2.49. The van der Waals surface area contributed by atoms with E-state index in [1.807, 2.05) is 31.2 Å². The Kier molecular flexibility index (Phi) is 3.49. The molecule has 1 atom stereocenters. The van der Waals surface area contributed by atoms with Gasteiger partial charge in [0.05, 0.1) is 0 Å². The maximum Gasteiger partial charge on any atom is 0.329 e. The highest BCUT2D eigenvalue weighted by atomic mass is 16.4. The second-order valence-electron chi connectivity index (χ2n) is 5.07. The van der Waals surface area contributed by atoms with Crippen LogP contribution in [0, 0.1) is 12.3 Å². The molecular formula is C16H16O4. The van der Waals surface area contributed by atoms with E-state index in [2.05, 4.69) is 0 Å². The highest BCUT2D eigenvalue weighted by Gasteiger charge is 2.47. The number of carboxylic acids is 2. The molecule has 2 rings (SSSR count). The number of rotatable bonds is 3. The van der Waals surface area contributed by atoms with Gasteiger partial charge < -0.3 is 10.2 Å². The Hall–Kier alpha value is -2.36. The van der Waals surface area contributed by atoms with E-state index in [0.717, 1.165) is 11.1 Å². The van der Waals surface area contributed by atoms with Crippen LogP contribution in [0.4, 0.5) is 0 Å². The third-order valence-electron chi connectivity index (χ3n) is 3.71. The van der Waals surface area contributed by atoms with E-state index in [1.54, 1.807) is 19.1 Å². The van der Waals surface area contributed by atoms with Gasteiger partial charge in [-0.15, -0.1) is 0 Å². The number of hydrogen-bond acceptors (Lipinski definition) is 2. The normalized spacial score (nSPS) is 20.3. The van der Waals surface area contributed by atoms with E-state index >= 15 is 0 Å². The molecule has 104 valence electrons. The molecule has 4 nitrogen and oxygen atoms in total. The summed E-state index contributed by atoms with van der Waals surface area (Å²) < 4.78 is 0. The standard InChI is InChI=1S/C16H16O4/c1-10-4-3-5-12(8-10)13-6-7-16(14(17)18,15(19)20)11(2)9-13/h3-9,13H,1-2H3,(H,17,18)(H,19,20). The van der Waals surface area contributed by atoms with Crippen molar-refractivity contribution in [2.24, 2.45) is 5.41 Å². The van der Waals surface area contributed by atoms with Crippen molar-refractivity contribution >= 4 is 11.9 Å². The minimum absolute atomic E-state index is 0.0956. The second kappa shape index (κ2) is 4.96. The van der Waals surface area contributed by atoms with Crippen LogP contribution in [0.3, 0.4) is 0 Å². The van der Waals surface area contributed by atoms with Gasteiger partial charge in [0.25, 0.3) is 0 Å². The van der Waals surface area contributed by atoms with Gasteiger partial charge in [-0.3, -0.25) is 9.59 Å². The lowest BCUT2D eigenvalue weighted by Crippen LogP contribution is -2.40. The van der Waals surface area contributed by atoms with E-state index in [0.29, 0.717) is 5.57 Å². The van der Waals surface area contributed by atoms with E-state index < -0.39 is 17.4 Å². The summed E-state index contributed by atoms with van der Waals surface area (Å²) in [6.07, 6.45) is 4.63. The number of carboxylic acid groups (broad SMARTS) is 2. The maximum absolute atomic E-state index is 11.4. The lowest BCUT2D eigenvalue weighted by molar-refractivity contribution is -0.158. The molecule has 0 aromatic heterocycles. The number of allylic oxidation sites excluding steroid dienone is 2. The van der Waals surface area contributed by atoms with Gasteiger partial charge in [0, 0.05) is 5.92 Å². The average molecular weight is 272 g/mol. The Morgan fingerprint density at radius 2 is 1.80 bits per heavy atom. The smallest absolute Gasteiger partial charge is 0.329 e. The Labute approximate surface area is 117 Å². The minimum Gasteiger partial charge on any atom is -0.480 e. The third-order valence-corrected chi connectivity index (χ3v) is 3.71. The highest BCUT2D eigenvalue weighted by Crippen LogP contribution is 2.38. The molecule has 0 radical (unpaired) electrons. The molecule has 0 fully saturated rings. The van der Waals surface area contributed by atoms with Gasteiger partial charge in [-0.2, -0.15) is 0 Å². The summed E-state index contributed by atoms with van der Waals surface area (Å²) in [6, 6.07) is 7.86. The van der Waals surface area contributed by atoms with Crippen molar-refractivity contribution in [3.63, 3.8) is 0 Å². The minimum atomic E-state index is -1.94. The van der Waals surface area contributed by atoms with E-state index in [-0.39, 0.29) is 5.92 Å². The first kappa shape index (κ1) is 14.1. The molecule has 1 aliphatic rings. The maximum atomic E-state index is 11.4. The number of aliphatic carboxylic acids is 2. The van der Waals surface area contributed by atoms with Gasteiger partial charge in [-0.1, -0.05) is 48.1 Å². The van der Waals surface area contributed by atoms with Gasteiger partial charge in [0.1, 0.15) is 0 Å². The number of carbonyl (C=O) groups is 2. The molecule has 1 aromatic rings. The fraction of sp³-hybridized carbons (Fsp3) is 0.250. The predicted molar refractivity (Wildman–Crippen MR) is 74.5 cm³/mol. The first-order valence-corrected chi connectivity index (χ1v) is 6.29. The summed E-state index contributed by atoms with van der Waals surface area (Å²) in [5, 5.41) is 18.5. The van der Waals surface area contributed by atoms with Gasteiger partial charge in [0.15, 0.2) is 0 Å². The molecule has 0 saturated heterocycles. The van der Waals surface area contributed by atoms with E-state index in [1.165, 1.54) is 6.08 Å². The molecule has 0 amide bonds. The molecule has 0 saturated carbocycles. The van der Waals surface area contributed by atoms with Crippen LogP contribution in [-0.4, -0.2) is 22.2 Å². The Morgan fingerprint density at radius 3 is 2.30 bits per heavy atom. The summed E-state index contributed by atoms with van der Waals surface area (Å²) in [6.45, 7) is 3.53. The molecule has 1 unspecified atom stereocenters. The zero-order valence-electron chi connectivity index (χ0n) is 11.3. The first-order valence-electron chi connectivity index (χ1n) is 6.29. The largest absolute Gasteiger partial charge is 0.480 e. The zero-order valence-corrected chi connectivity index (χ0v) is 11.3. The molecular weight excluding hydrogens is 256 g/mol. The summed E-state index contributed by atoms with van der Waals surface area (Å²) in [4.78, 5) is 22.7. The SMILES string of the molecule is CC1=CC(c2cccc(C)c2)C=CC1(C(=O)O)C(=O)O. The van der Waals surface area contributed by atoms with Crippen LogP contribution in [0.2, 0.25) is 0 Å². The molecule has 2 N–H and O–H groups in total. The van der Waals surface area contributed by atoms with Crippen molar-refractivity contribution in [2.45, 2.75) is 19.8 Å². The Bertz CT molecular complexity index is 611. The van der Waals surface area contributed by atoms with Crippen LogP contribution in [0.5, 0.6) is 0 Å². The van der Waals surface area contributed by atoms with Crippen LogP contribution < -0.4 is 0 Å². The molecule has 4 heteroatoms. The summed E-state index contributed by atoms with van der Waals surface area (Å²) in [5.74, 6) is -2.82. The fourth-order valence-corrected chi connectivity index (χ4v) is 2.49. The topological polar surface area (TPSA) is 74.6 Å². The second-order valence-corrected chi connectivity index (χ2v) is 5.07. The lowest BCUT2D eigenvalue weighted by atomic mass is 9.74. The number of aryl methyl sites for hydroxylation is 1. The molecule has 1 aliphatic carbocycles. The summed E-state index contributed by atoms with van der Waals surface area (Å²) in [7, 11) is 0. The summed E-state index contributed by atoms with van der Waals surface area (Å²) in [5.41, 5.74) is 0.507.